The number of fused-ring (bicyclic) bond motifs is 1. The van der Waals surface area contributed by atoms with Gasteiger partial charge in [-0.05, 0) is 25.3 Å². The number of piperidine rings is 1. The minimum atomic E-state index is 0.148. The molecule has 0 aromatic heterocycles. The largest absolute Gasteiger partial charge is 0.341 e. The average molecular weight is 196 g/mol. The van der Waals surface area contributed by atoms with Gasteiger partial charge in [0.15, 0.2) is 0 Å². The lowest BCUT2D eigenvalue weighted by molar-refractivity contribution is -0.133. The summed E-state index contributed by atoms with van der Waals surface area (Å²) in [7, 11) is 0. The normalized spacial score (nSPS) is 32.1. The van der Waals surface area contributed by atoms with Gasteiger partial charge < -0.3 is 10.2 Å². The maximum atomic E-state index is 11.8. The van der Waals surface area contributed by atoms with Crippen LogP contribution in [-0.2, 0) is 4.79 Å². The van der Waals surface area contributed by atoms with Gasteiger partial charge in [-0.1, -0.05) is 13.8 Å². The molecule has 2 aliphatic heterocycles. The molecular formula is C11H20N2O. The van der Waals surface area contributed by atoms with E-state index in [1.165, 1.54) is 12.8 Å². The van der Waals surface area contributed by atoms with Crippen molar-refractivity contribution in [3.63, 3.8) is 0 Å². The van der Waals surface area contributed by atoms with Crippen molar-refractivity contribution in [1.82, 2.24) is 10.2 Å². The second-order valence-corrected chi connectivity index (χ2v) is 4.86. The summed E-state index contributed by atoms with van der Waals surface area (Å²) in [5.41, 5.74) is 0. The monoisotopic (exact) mass is 196 g/mol. The number of amides is 1. The topological polar surface area (TPSA) is 32.3 Å². The Labute approximate surface area is 85.8 Å². The van der Waals surface area contributed by atoms with Crippen LogP contribution in [-0.4, -0.2) is 36.5 Å². The lowest BCUT2D eigenvalue weighted by Gasteiger charge is -2.24. The Bertz CT molecular complexity index is 213. The van der Waals surface area contributed by atoms with E-state index in [1.54, 1.807) is 0 Å². The van der Waals surface area contributed by atoms with Gasteiger partial charge in [-0.15, -0.1) is 0 Å². The molecule has 0 saturated carbocycles. The third kappa shape index (κ3) is 1.78. The summed E-state index contributed by atoms with van der Waals surface area (Å²) in [6, 6.07) is 0.575. The average Bonchev–Trinajstić information content (AvgIpc) is 2.59. The molecule has 0 radical (unpaired) electrons. The summed E-state index contributed by atoms with van der Waals surface area (Å²) in [5, 5.41) is 3.51. The van der Waals surface area contributed by atoms with Crippen molar-refractivity contribution < 1.29 is 4.79 Å². The molecular weight excluding hydrogens is 176 g/mol. The number of hydrogen-bond donors (Lipinski definition) is 1. The van der Waals surface area contributed by atoms with Gasteiger partial charge in [0.05, 0.1) is 0 Å². The van der Waals surface area contributed by atoms with Crippen LogP contribution < -0.4 is 5.32 Å². The fourth-order valence-electron chi connectivity index (χ4n) is 2.59. The molecule has 2 atom stereocenters. The van der Waals surface area contributed by atoms with Crippen LogP contribution in [0.1, 0.15) is 26.7 Å². The Morgan fingerprint density at radius 3 is 2.86 bits per heavy atom. The lowest BCUT2D eigenvalue weighted by Crippen LogP contribution is -2.41. The number of nitrogens with zero attached hydrogens (tertiary/aromatic N) is 1. The Balaban J connectivity index is 1.95. The molecule has 2 rings (SSSR count). The number of carbonyl (C=O) groups is 1. The second kappa shape index (κ2) is 3.89. The van der Waals surface area contributed by atoms with E-state index in [4.69, 9.17) is 0 Å². The van der Waals surface area contributed by atoms with E-state index in [0.29, 0.717) is 17.9 Å². The standard InChI is InChI=1S/C11H20N2O/c1-8(2)11(14)13-6-9-4-3-5-12-10(9)7-13/h8-10,12H,3-7H2,1-2H3. The van der Waals surface area contributed by atoms with E-state index in [1.807, 2.05) is 18.7 Å². The smallest absolute Gasteiger partial charge is 0.225 e. The molecule has 2 unspecified atom stereocenters. The molecule has 0 aromatic rings. The van der Waals surface area contributed by atoms with E-state index in [9.17, 15) is 4.79 Å². The van der Waals surface area contributed by atoms with Crippen molar-refractivity contribution in [2.45, 2.75) is 32.7 Å². The van der Waals surface area contributed by atoms with Crippen LogP contribution in [0.15, 0.2) is 0 Å². The van der Waals surface area contributed by atoms with Crippen LogP contribution in [0.3, 0.4) is 0 Å². The molecule has 0 aromatic carbocycles. The zero-order valence-electron chi connectivity index (χ0n) is 9.12. The van der Waals surface area contributed by atoms with Crippen LogP contribution in [0, 0.1) is 11.8 Å². The van der Waals surface area contributed by atoms with E-state index >= 15 is 0 Å². The van der Waals surface area contributed by atoms with Crippen LogP contribution in [0.2, 0.25) is 0 Å². The number of carbonyl (C=O) groups excluding carboxylic acids is 1. The quantitative estimate of drug-likeness (QED) is 0.674. The summed E-state index contributed by atoms with van der Waals surface area (Å²) in [6.45, 7) is 7.01. The Morgan fingerprint density at radius 1 is 1.43 bits per heavy atom. The highest BCUT2D eigenvalue weighted by Crippen LogP contribution is 2.25. The Kier molecular flexibility index (Phi) is 2.77. The highest BCUT2D eigenvalue weighted by atomic mass is 16.2. The first kappa shape index (κ1) is 9.97. The zero-order chi connectivity index (χ0) is 10.1. The summed E-state index contributed by atoms with van der Waals surface area (Å²) in [5.74, 6) is 1.18. The molecule has 3 heteroatoms. The predicted octanol–water partition coefficient (Wildman–Crippen LogP) is 0.853. The molecule has 2 heterocycles. The molecule has 1 amide bonds. The highest BCUT2D eigenvalue weighted by molar-refractivity contribution is 5.78. The van der Waals surface area contributed by atoms with E-state index in [2.05, 4.69) is 5.32 Å². The highest BCUT2D eigenvalue weighted by Gasteiger charge is 2.36. The first-order valence-electron chi connectivity index (χ1n) is 5.70. The van der Waals surface area contributed by atoms with Gasteiger partial charge in [-0.25, -0.2) is 0 Å². The zero-order valence-corrected chi connectivity index (χ0v) is 9.12. The molecule has 3 nitrogen and oxygen atoms in total. The molecule has 0 aliphatic carbocycles. The summed E-state index contributed by atoms with van der Waals surface area (Å²) >= 11 is 0. The van der Waals surface area contributed by atoms with Gasteiger partial charge >= 0.3 is 0 Å². The van der Waals surface area contributed by atoms with Gasteiger partial charge in [0.25, 0.3) is 0 Å². The van der Waals surface area contributed by atoms with E-state index < -0.39 is 0 Å². The van der Waals surface area contributed by atoms with E-state index in [-0.39, 0.29) is 5.92 Å². The van der Waals surface area contributed by atoms with Gasteiger partial charge in [-0.2, -0.15) is 0 Å². The van der Waals surface area contributed by atoms with E-state index in [0.717, 1.165) is 19.6 Å². The fourth-order valence-corrected chi connectivity index (χ4v) is 2.59. The molecule has 1 N–H and O–H groups in total. The van der Waals surface area contributed by atoms with Crippen molar-refractivity contribution in [3.05, 3.63) is 0 Å². The molecule has 0 spiro atoms. The van der Waals surface area contributed by atoms with Gasteiger partial charge in [0.2, 0.25) is 5.91 Å². The van der Waals surface area contributed by atoms with Crippen molar-refractivity contribution >= 4 is 5.91 Å². The summed E-state index contributed by atoms with van der Waals surface area (Å²) in [6.07, 6.45) is 2.56. The van der Waals surface area contributed by atoms with Crippen LogP contribution >= 0.6 is 0 Å². The summed E-state index contributed by atoms with van der Waals surface area (Å²) in [4.78, 5) is 13.8. The second-order valence-electron chi connectivity index (χ2n) is 4.86. The molecule has 14 heavy (non-hydrogen) atoms. The minimum Gasteiger partial charge on any atom is -0.341 e. The molecule has 2 aliphatic rings. The van der Waals surface area contributed by atoms with Crippen molar-refractivity contribution in [2.75, 3.05) is 19.6 Å². The van der Waals surface area contributed by atoms with Gasteiger partial charge in [0.1, 0.15) is 0 Å². The summed E-state index contributed by atoms with van der Waals surface area (Å²) < 4.78 is 0. The Hall–Kier alpha value is -0.570. The third-order valence-electron chi connectivity index (χ3n) is 3.40. The van der Waals surface area contributed by atoms with Crippen molar-refractivity contribution in [1.29, 1.82) is 0 Å². The lowest BCUT2D eigenvalue weighted by atomic mass is 9.94. The third-order valence-corrected chi connectivity index (χ3v) is 3.40. The van der Waals surface area contributed by atoms with Gasteiger partial charge in [-0.3, -0.25) is 4.79 Å². The minimum absolute atomic E-state index is 0.148. The van der Waals surface area contributed by atoms with Gasteiger partial charge in [0, 0.05) is 25.0 Å². The maximum Gasteiger partial charge on any atom is 0.225 e. The molecule has 2 saturated heterocycles. The predicted molar refractivity (Wildman–Crippen MR) is 55.9 cm³/mol. The molecule has 80 valence electrons. The van der Waals surface area contributed by atoms with Crippen LogP contribution in [0.4, 0.5) is 0 Å². The first-order valence-corrected chi connectivity index (χ1v) is 5.70. The molecule has 0 bridgehead atoms. The number of nitrogens with one attached hydrogen (secondary N) is 1. The fraction of sp³-hybridized carbons (Fsp3) is 0.909. The maximum absolute atomic E-state index is 11.8. The van der Waals surface area contributed by atoms with Crippen LogP contribution in [0.25, 0.3) is 0 Å². The number of hydrogen-bond acceptors (Lipinski definition) is 2. The Morgan fingerprint density at radius 2 is 2.21 bits per heavy atom. The number of likely N-dealkylation sites (tertiary alicyclic amines) is 1. The van der Waals surface area contributed by atoms with Crippen molar-refractivity contribution in [3.8, 4) is 0 Å². The number of rotatable bonds is 1. The first-order chi connectivity index (χ1) is 6.68. The van der Waals surface area contributed by atoms with Crippen LogP contribution in [0.5, 0.6) is 0 Å². The SMILES string of the molecule is CC(C)C(=O)N1CC2CCCNC2C1. The van der Waals surface area contributed by atoms with Crippen molar-refractivity contribution in [2.24, 2.45) is 11.8 Å². The molecule has 2 fully saturated rings.